The van der Waals surface area contributed by atoms with Gasteiger partial charge >= 0.3 is 0 Å². The van der Waals surface area contributed by atoms with Crippen LogP contribution in [-0.2, 0) is 21.4 Å². The Morgan fingerprint density at radius 1 is 1.17 bits per heavy atom. The summed E-state index contributed by atoms with van der Waals surface area (Å²) in [4.78, 5) is 12.7. The van der Waals surface area contributed by atoms with Gasteiger partial charge in [-0.05, 0) is 79.0 Å². The summed E-state index contributed by atoms with van der Waals surface area (Å²) in [5, 5.41) is 13.6. The van der Waals surface area contributed by atoms with Crippen LogP contribution in [0.5, 0.6) is 11.5 Å². The molecule has 1 fully saturated rings. The molecule has 1 saturated carbocycles. The highest BCUT2D eigenvalue weighted by Crippen LogP contribution is 2.53. The van der Waals surface area contributed by atoms with Crippen LogP contribution in [0.2, 0.25) is 0 Å². The summed E-state index contributed by atoms with van der Waals surface area (Å²) in [7, 11) is 3.34. The zero-order valence-electron chi connectivity index (χ0n) is 18.6. The lowest BCUT2D eigenvalue weighted by Gasteiger charge is -2.49. The number of phenols is 1. The third kappa shape index (κ3) is 4.25. The molecule has 3 rings (SSSR count). The average molecular weight is 404 g/mol. The molecule has 0 bridgehead atoms. The van der Waals surface area contributed by atoms with Crippen LogP contribution in [-0.4, -0.2) is 37.9 Å². The van der Waals surface area contributed by atoms with Crippen LogP contribution < -0.4 is 10.1 Å². The molecule has 2 aliphatic carbocycles. The highest BCUT2D eigenvalue weighted by molar-refractivity contribution is 5.78. The first-order valence-corrected chi connectivity index (χ1v) is 10.9. The van der Waals surface area contributed by atoms with Crippen molar-refractivity contribution in [2.75, 3.05) is 20.8 Å². The maximum atomic E-state index is 12.7. The van der Waals surface area contributed by atoms with Gasteiger partial charge in [-0.1, -0.05) is 20.8 Å². The Hall–Kier alpha value is -1.75. The standard InChI is InChI=1S/C24H37NO4/c1-23(2)11-10-17-14-21(29-5)20(26)15-19(17)24(23,3)12-13-25-22(27)16-6-8-18(28-4)9-7-16/h14-16,18,26H,6-13H2,1-5H3,(H,25,27). The number of benzene rings is 1. The fourth-order valence-electron chi connectivity index (χ4n) is 5.20. The summed E-state index contributed by atoms with van der Waals surface area (Å²) >= 11 is 0. The van der Waals surface area contributed by atoms with Crippen molar-refractivity contribution in [3.8, 4) is 11.5 Å². The number of hydrogen-bond donors (Lipinski definition) is 2. The van der Waals surface area contributed by atoms with Crippen molar-refractivity contribution < 1.29 is 19.4 Å². The molecule has 1 aromatic rings. The van der Waals surface area contributed by atoms with Crippen molar-refractivity contribution in [1.82, 2.24) is 5.32 Å². The zero-order chi connectivity index (χ0) is 21.2. The molecule has 0 spiro atoms. The minimum absolute atomic E-state index is 0.0717. The van der Waals surface area contributed by atoms with Gasteiger partial charge in [-0.2, -0.15) is 0 Å². The Labute approximate surface area is 175 Å². The Morgan fingerprint density at radius 3 is 2.48 bits per heavy atom. The van der Waals surface area contributed by atoms with E-state index in [0.29, 0.717) is 18.4 Å². The first-order valence-electron chi connectivity index (χ1n) is 10.9. The van der Waals surface area contributed by atoms with E-state index in [1.165, 1.54) is 11.1 Å². The number of nitrogens with one attached hydrogen (secondary N) is 1. The number of ether oxygens (including phenoxy) is 2. The summed E-state index contributed by atoms with van der Waals surface area (Å²) in [6.45, 7) is 7.51. The van der Waals surface area contributed by atoms with E-state index in [1.807, 2.05) is 12.1 Å². The number of phenolic OH excluding ortho intramolecular Hbond substituents is 1. The van der Waals surface area contributed by atoms with Gasteiger partial charge in [0.2, 0.25) is 5.91 Å². The quantitative estimate of drug-likeness (QED) is 0.741. The van der Waals surface area contributed by atoms with Gasteiger partial charge in [0.25, 0.3) is 0 Å². The SMILES string of the molecule is COc1cc2c(cc1O)C(C)(CCNC(=O)C1CCC(OC)CC1)C(C)(C)CC2. The van der Waals surface area contributed by atoms with Crippen molar-refractivity contribution in [2.45, 2.75) is 77.2 Å². The fourth-order valence-corrected chi connectivity index (χ4v) is 5.20. The van der Waals surface area contributed by atoms with Crippen LogP contribution in [0.3, 0.4) is 0 Å². The van der Waals surface area contributed by atoms with Gasteiger partial charge < -0.3 is 19.9 Å². The van der Waals surface area contributed by atoms with E-state index in [1.54, 1.807) is 14.2 Å². The van der Waals surface area contributed by atoms with Crippen LogP contribution in [0.1, 0.15) is 70.4 Å². The largest absolute Gasteiger partial charge is 0.504 e. The highest BCUT2D eigenvalue weighted by Gasteiger charge is 2.46. The lowest BCUT2D eigenvalue weighted by atomic mass is 9.55. The number of amides is 1. The maximum absolute atomic E-state index is 12.7. The van der Waals surface area contributed by atoms with Gasteiger partial charge in [0, 0.05) is 19.6 Å². The van der Waals surface area contributed by atoms with E-state index >= 15 is 0 Å². The number of rotatable bonds is 6. The molecule has 5 nitrogen and oxygen atoms in total. The number of methoxy groups -OCH3 is 2. The third-order valence-corrected chi connectivity index (χ3v) is 7.81. The van der Waals surface area contributed by atoms with Gasteiger partial charge in [0.15, 0.2) is 11.5 Å². The molecule has 2 N–H and O–H groups in total. The molecule has 1 amide bonds. The molecule has 0 saturated heterocycles. The Balaban J connectivity index is 1.69. The summed E-state index contributed by atoms with van der Waals surface area (Å²) in [6, 6.07) is 3.86. The molecule has 0 aliphatic heterocycles. The van der Waals surface area contributed by atoms with E-state index in [0.717, 1.165) is 44.9 Å². The normalized spacial score (nSPS) is 28.4. The van der Waals surface area contributed by atoms with Crippen LogP contribution in [0, 0.1) is 11.3 Å². The second-order valence-electron chi connectivity index (χ2n) is 9.65. The summed E-state index contributed by atoms with van der Waals surface area (Å²) < 4.78 is 10.7. The van der Waals surface area contributed by atoms with Gasteiger partial charge in [-0.25, -0.2) is 0 Å². The molecule has 0 aromatic heterocycles. The van der Waals surface area contributed by atoms with Crippen LogP contribution in [0.4, 0.5) is 0 Å². The predicted molar refractivity (Wildman–Crippen MR) is 114 cm³/mol. The first-order chi connectivity index (χ1) is 13.7. The number of aromatic hydroxyl groups is 1. The Bertz CT molecular complexity index is 737. The van der Waals surface area contributed by atoms with Crippen molar-refractivity contribution in [3.05, 3.63) is 23.3 Å². The van der Waals surface area contributed by atoms with Crippen molar-refractivity contribution in [2.24, 2.45) is 11.3 Å². The molecule has 29 heavy (non-hydrogen) atoms. The van der Waals surface area contributed by atoms with Crippen molar-refractivity contribution >= 4 is 5.91 Å². The second-order valence-corrected chi connectivity index (χ2v) is 9.65. The van der Waals surface area contributed by atoms with Crippen LogP contribution >= 0.6 is 0 Å². The number of carbonyl (C=O) groups is 1. The number of fused-ring (bicyclic) bond motifs is 1. The maximum Gasteiger partial charge on any atom is 0.223 e. The highest BCUT2D eigenvalue weighted by atomic mass is 16.5. The molecule has 1 unspecified atom stereocenters. The monoisotopic (exact) mass is 403 g/mol. The first kappa shape index (κ1) is 21.9. The van der Waals surface area contributed by atoms with Gasteiger partial charge in [0.1, 0.15) is 0 Å². The topological polar surface area (TPSA) is 67.8 Å². The number of hydrogen-bond acceptors (Lipinski definition) is 4. The van der Waals surface area contributed by atoms with Crippen molar-refractivity contribution in [1.29, 1.82) is 0 Å². The minimum atomic E-state index is -0.134. The molecular weight excluding hydrogens is 366 g/mol. The minimum Gasteiger partial charge on any atom is -0.504 e. The lowest BCUT2D eigenvalue weighted by molar-refractivity contribution is -0.126. The predicted octanol–water partition coefficient (Wildman–Crippen LogP) is 4.34. The summed E-state index contributed by atoms with van der Waals surface area (Å²) in [5.41, 5.74) is 2.36. The van der Waals surface area contributed by atoms with Crippen LogP contribution in [0.15, 0.2) is 12.1 Å². The summed E-state index contributed by atoms with van der Waals surface area (Å²) in [6.07, 6.45) is 6.94. The van der Waals surface area contributed by atoms with Crippen molar-refractivity contribution in [3.63, 3.8) is 0 Å². The molecule has 2 aliphatic rings. The van der Waals surface area contributed by atoms with E-state index in [-0.39, 0.29) is 28.4 Å². The fraction of sp³-hybridized carbons (Fsp3) is 0.708. The van der Waals surface area contributed by atoms with E-state index in [2.05, 4.69) is 26.1 Å². The Kier molecular flexibility index (Phi) is 6.47. The molecule has 1 atom stereocenters. The molecular formula is C24H37NO4. The van der Waals surface area contributed by atoms with Gasteiger partial charge in [-0.3, -0.25) is 4.79 Å². The molecule has 162 valence electrons. The molecule has 1 aromatic carbocycles. The molecule has 0 heterocycles. The van der Waals surface area contributed by atoms with E-state index < -0.39 is 0 Å². The lowest BCUT2D eigenvalue weighted by Crippen LogP contribution is -2.46. The van der Waals surface area contributed by atoms with Gasteiger partial charge in [-0.15, -0.1) is 0 Å². The third-order valence-electron chi connectivity index (χ3n) is 7.81. The average Bonchev–Trinajstić information content (AvgIpc) is 2.71. The zero-order valence-corrected chi connectivity index (χ0v) is 18.6. The van der Waals surface area contributed by atoms with E-state index in [4.69, 9.17) is 9.47 Å². The smallest absolute Gasteiger partial charge is 0.223 e. The second kappa shape index (κ2) is 8.55. The summed E-state index contributed by atoms with van der Waals surface area (Å²) in [5.74, 6) is 1.00. The van der Waals surface area contributed by atoms with Gasteiger partial charge in [0.05, 0.1) is 13.2 Å². The molecule has 5 heteroatoms. The van der Waals surface area contributed by atoms with E-state index in [9.17, 15) is 9.90 Å². The number of aryl methyl sites for hydroxylation is 1. The Morgan fingerprint density at radius 2 is 1.86 bits per heavy atom. The molecule has 0 radical (unpaired) electrons. The number of carbonyl (C=O) groups excluding carboxylic acids is 1. The van der Waals surface area contributed by atoms with Crippen LogP contribution in [0.25, 0.3) is 0 Å².